The molecule has 114 valence electrons. The minimum atomic E-state index is -4.06. The number of halogens is 3. The van der Waals surface area contributed by atoms with E-state index in [1.807, 2.05) is 25.6 Å². The van der Waals surface area contributed by atoms with Crippen molar-refractivity contribution in [2.45, 2.75) is 58.3 Å². The first-order valence-corrected chi connectivity index (χ1v) is 7.08. The van der Waals surface area contributed by atoms with Gasteiger partial charge in [0.25, 0.3) is 0 Å². The average Bonchev–Trinajstić information content (AvgIpc) is 2.61. The number of aryl methyl sites for hydroxylation is 2. The molecule has 0 aliphatic heterocycles. The predicted molar refractivity (Wildman–Crippen MR) is 71.3 cm³/mol. The van der Waals surface area contributed by atoms with Crippen LogP contribution in [0.2, 0.25) is 0 Å². The summed E-state index contributed by atoms with van der Waals surface area (Å²) < 4.78 is 40.1. The van der Waals surface area contributed by atoms with Gasteiger partial charge in [-0.1, -0.05) is 6.42 Å². The van der Waals surface area contributed by atoms with Gasteiger partial charge in [0.1, 0.15) is 0 Å². The van der Waals surface area contributed by atoms with Crippen molar-refractivity contribution in [3.05, 3.63) is 17.0 Å². The molecule has 0 radical (unpaired) electrons. The third-order valence-corrected chi connectivity index (χ3v) is 4.36. The van der Waals surface area contributed by atoms with E-state index in [1.54, 1.807) is 0 Å². The molecule has 20 heavy (non-hydrogen) atoms. The third kappa shape index (κ3) is 3.34. The molecule has 3 nitrogen and oxygen atoms in total. The highest BCUT2D eigenvalue weighted by atomic mass is 19.4. The summed E-state index contributed by atoms with van der Waals surface area (Å²) in [4.78, 5) is 0. The Morgan fingerprint density at radius 3 is 2.55 bits per heavy atom. The minimum Gasteiger partial charge on any atom is -0.310 e. The van der Waals surface area contributed by atoms with Gasteiger partial charge in [0, 0.05) is 30.9 Å². The molecule has 1 N–H and O–H groups in total. The lowest BCUT2D eigenvalue weighted by atomic mass is 9.85. The van der Waals surface area contributed by atoms with Crippen LogP contribution >= 0.6 is 0 Å². The zero-order valence-corrected chi connectivity index (χ0v) is 12.2. The van der Waals surface area contributed by atoms with E-state index in [4.69, 9.17) is 0 Å². The highest BCUT2D eigenvalue weighted by Crippen LogP contribution is 2.37. The van der Waals surface area contributed by atoms with Crippen molar-refractivity contribution < 1.29 is 13.2 Å². The molecule has 1 heterocycles. The van der Waals surface area contributed by atoms with Crippen molar-refractivity contribution in [3.8, 4) is 0 Å². The van der Waals surface area contributed by atoms with Crippen LogP contribution in [-0.4, -0.2) is 22.0 Å². The van der Waals surface area contributed by atoms with Crippen molar-refractivity contribution in [1.29, 1.82) is 0 Å². The second-order valence-corrected chi connectivity index (χ2v) is 5.76. The van der Waals surface area contributed by atoms with Crippen LogP contribution < -0.4 is 5.32 Å². The maximum Gasteiger partial charge on any atom is 0.391 e. The molecule has 0 spiro atoms. The third-order valence-electron chi connectivity index (χ3n) is 4.36. The first-order valence-electron chi connectivity index (χ1n) is 7.08. The zero-order chi connectivity index (χ0) is 14.9. The zero-order valence-electron chi connectivity index (χ0n) is 12.2. The summed E-state index contributed by atoms with van der Waals surface area (Å²) in [5.74, 6) is -1.15. The van der Waals surface area contributed by atoms with E-state index in [0.29, 0.717) is 13.0 Å². The summed E-state index contributed by atoms with van der Waals surface area (Å²) in [5.41, 5.74) is 3.11. The van der Waals surface area contributed by atoms with Crippen LogP contribution in [0.5, 0.6) is 0 Å². The van der Waals surface area contributed by atoms with Gasteiger partial charge in [-0.25, -0.2) is 0 Å². The summed E-state index contributed by atoms with van der Waals surface area (Å²) in [7, 11) is 1.88. The lowest BCUT2D eigenvalue weighted by molar-refractivity contribution is -0.183. The molecule has 1 aliphatic rings. The summed E-state index contributed by atoms with van der Waals surface area (Å²) in [5, 5.41) is 7.61. The van der Waals surface area contributed by atoms with E-state index in [2.05, 4.69) is 10.4 Å². The van der Waals surface area contributed by atoms with Crippen LogP contribution in [0.3, 0.4) is 0 Å². The van der Waals surface area contributed by atoms with Crippen LogP contribution in [0.1, 0.15) is 42.6 Å². The van der Waals surface area contributed by atoms with E-state index in [9.17, 15) is 13.2 Å². The fourth-order valence-corrected chi connectivity index (χ4v) is 2.99. The normalized spacial score (nSPS) is 24.1. The quantitative estimate of drug-likeness (QED) is 0.925. The first-order chi connectivity index (χ1) is 9.29. The molecule has 2 unspecified atom stereocenters. The smallest absolute Gasteiger partial charge is 0.310 e. The van der Waals surface area contributed by atoms with Gasteiger partial charge in [-0.15, -0.1) is 0 Å². The molecule has 1 aliphatic carbocycles. The van der Waals surface area contributed by atoms with Crippen molar-refractivity contribution in [1.82, 2.24) is 15.1 Å². The monoisotopic (exact) mass is 289 g/mol. The van der Waals surface area contributed by atoms with Gasteiger partial charge in [0.2, 0.25) is 0 Å². The van der Waals surface area contributed by atoms with Crippen molar-refractivity contribution in [3.63, 3.8) is 0 Å². The molecule has 1 fully saturated rings. The molecular formula is C14H22F3N3. The molecule has 2 atom stereocenters. The second-order valence-electron chi connectivity index (χ2n) is 5.76. The van der Waals surface area contributed by atoms with E-state index >= 15 is 0 Å². The number of hydrogen-bond acceptors (Lipinski definition) is 2. The minimum absolute atomic E-state index is 0.0469. The fraction of sp³-hybridized carbons (Fsp3) is 0.786. The van der Waals surface area contributed by atoms with Crippen molar-refractivity contribution >= 4 is 0 Å². The molecule has 1 saturated carbocycles. The van der Waals surface area contributed by atoms with E-state index in [1.165, 1.54) is 0 Å². The Hall–Kier alpha value is -1.04. The van der Waals surface area contributed by atoms with Crippen LogP contribution in [0.4, 0.5) is 13.2 Å². The predicted octanol–water partition coefficient (Wildman–Crippen LogP) is 3.25. The van der Waals surface area contributed by atoms with Gasteiger partial charge < -0.3 is 5.32 Å². The molecule has 6 heteroatoms. The Kier molecular flexibility index (Phi) is 4.42. The average molecular weight is 289 g/mol. The Balaban J connectivity index is 1.94. The number of nitrogens with one attached hydrogen (secondary N) is 1. The molecule has 1 aromatic heterocycles. The van der Waals surface area contributed by atoms with Crippen LogP contribution in [0.25, 0.3) is 0 Å². The maximum absolute atomic E-state index is 12.8. The topological polar surface area (TPSA) is 29.9 Å². The van der Waals surface area contributed by atoms with E-state index in [-0.39, 0.29) is 18.9 Å². The van der Waals surface area contributed by atoms with Crippen molar-refractivity contribution in [2.24, 2.45) is 13.0 Å². The van der Waals surface area contributed by atoms with E-state index < -0.39 is 12.1 Å². The van der Waals surface area contributed by atoms with Crippen LogP contribution in [-0.2, 0) is 13.6 Å². The maximum atomic E-state index is 12.8. The summed E-state index contributed by atoms with van der Waals surface area (Å²) in [6.07, 6.45) is -2.12. The molecule has 0 aromatic carbocycles. The summed E-state index contributed by atoms with van der Waals surface area (Å²) >= 11 is 0. The highest BCUT2D eigenvalue weighted by Gasteiger charge is 2.42. The molecule has 2 rings (SSSR count). The molecule has 0 bridgehead atoms. The van der Waals surface area contributed by atoms with Gasteiger partial charge in [0.05, 0.1) is 11.6 Å². The number of alkyl halides is 3. The van der Waals surface area contributed by atoms with Crippen LogP contribution in [0.15, 0.2) is 0 Å². The number of aromatic nitrogens is 2. The standard InChI is InChI=1S/C14H22F3N3/c1-9-13(10(2)20(3)19-9)8-18-12-6-4-5-11(7-12)14(15,16)17/h11-12,18H,4-8H2,1-3H3. The second kappa shape index (κ2) is 5.76. The Bertz CT molecular complexity index is 465. The molecule has 1 aromatic rings. The van der Waals surface area contributed by atoms with Crippen molar-refractivity contribution in [2.75, 3.05) is 0 Å². The lowest BCUT2D eigenvalue weighted by Gasteiger charge is -2.31. The summed E-state index contributed by atoms with van der Waals surface area (Å²) in [6, 6.07) is -0.0469. The first kappa shape index (κ1) is 15.4. The van der Waals surface area contributed by atoms with Gasteiger partial charge in [0.15, 0.2) is 0 Å². The van der Waals surface area contributed by atoms with Gasteiger partial charge in [-0.05, 0) is 33.1 Å². The largest absolute Gasteiger partial charge is 0.391 e. The number of nitrogens with zero attached hydrogens (tertiary/aromatic N) is 2. The Morgan fingerprint density at radius 2 is 2.00 bits per heavy atom. The van der Waals surface area contributed by atoms with Gasteiger partial charge in [-0.3, -0.25) is 4.68 Å². The highest BCUT2D eigenvalue weighted by molar-refractivity contribution is 5.24. The molecule has 0 amide bonds. The molecular weight excluding hydrogens is 267 g/mol. The Morgan fingerprint density at radius 1 is 1.30 bits per heavy atom. The SMILES string of the molecule is Cc1nn(C)c(C)c1CNC1CCCC(C(F)(F)F)C1. The molecule has 0 saturated heterocycles. The number of hydrogen-bond donors (Lipinski definition) is 1. The van der Waals surface area contributed by atoms with E-state index in [0.717, 1.165) is 23.4 Å². The lowest BCUT2D eigenvalue weighted by Crippen LogP contribution is -2.38. The summed E-state index contributed by atoms with van der Waals surface area (Å²) in [6.45, 7) is 4.51. The van der Waals surface area contributed by atoms with Crippen LogP contribution in [0, 0.1) is 19.8 Å². The fourth-order valence-electron chi connectivity index (χ4n) is 2.99. The Labute approximate surface area is 117 Å². The number of rotatable bonds is 3. The van der Waals surface area contributed by atoms with Gasteiger partial charge >= 0.3 is 6.18 Å². The van der Waals surface area contributed by atoms with Gasteiger partial charge in [-0.2, -0.15) is 18.3 Å².